The minimum atomic E-state index is -1.09. The van der Waals surface area contributed by atoms with Crippen molar-refractivity contribution in [1.29, 1.82) is 0 Å². The maximum Gasteiger partial charge on any atom is 0.260 e. The molecule has 172 valence electrons. The van der Waals surface area contributed by atoms with Gasteiger partial charge in [-0.15, -0.1) is 20.4 Å². The second-order valence-corrected chi connectivity index (χ2v) is 8.71. The van der Waals surface area contributed by atoms with Crippen LogP contribution in [0.3, 0.4) is 0 Å². The number of allylic oxidation sites excluding steroid dienone is 1. The number of halogens is 1. The summed E-state index contributed by atoms with van der Waals surface area (Å²) < 4.78 is 19.5. The first kappa shape index (κ1) is 22.7. The van der Waals surface area contributed by atoms with Gasteiger partial charge in [0.1, 0.15) is 11.6 Å². The van der Waals surface area contributed by atoms with Gasteiger partial charge in [0.05, 0.1) is 5.69 Å². The van der Waals surface area contributed by atoms with Crippen LogP contribution in [-0.4, -0.2) is 39.5 Å². The summed E-state index contributed by atoms with van der Waals surface area (Å²) in [5.41, 5.74) is 8.58. The van der Waals surface area contributed by atoms with Gasteiger partial charge in [0.15, 0.2) is 6.10 Å². The fraction of sp³-hybridized carbons (Fsp3) is 0.318. The van der Waals surface area contributed by atoms with E-state index in [9.17, 15) is 9.18 Å². The molecule has 0 fully saturated rings. The molecule has 2 atom stereocenters. The molecule has 11 heteroatoms. The number of nitrogen functional groups attached to an aromatic ring is 1. The second-order valence-electron chi connectivity index (χ2n) is 7.73. The SMILES string of the molecule is CO[C@@H](C(=O)Nc1nnc(N[C@H]2CC=C(c3ccc(N)nn3)CC2)s1)c1cc(C)ccc1F. The van der Waals surface area contributed by atoms with Gasteiger partial charge in [0.25, 0.3) is 5.91 Å². The molecule has 1 aliphatic rings. The lowest BCUT2D eigenvalue weighted by Gasteiger charge is -2.22. The van der Waals surface area contributed by atoms with Crippen LogP contribution in [-0.2, 0) is 9.53 Å². The summed E-state index contributed by atoms with van der Waals surface area (Å²) in [4.78, 5) is 12.7. The average Bonchev–Trinajstić information content (AvgIpc) is 3.24. The summed E-state index contributed by atoms with van der Waals surface area (Å²) >= 11 is 1.21. The molecule has 0 aliphatic heterocycles. The highest BCUT2D eigenvalue weighted by atomic mass is 32.1. The zero-order chi connectivity index (χ0) is 23.4. The lowest BCUT2D eigenvalue weighted by molar-refractivity contribution is -0.126. The van der Waals surface area contributed by atoms with E-state index in [-0.39, 0.29) is 11.6 Å². The standard InChI is InChI=1S/C22H24FN7O2S/c1-12-3-8-16(23)15(11-12)19(32-2)20(31)26-22-30-29-21(33-22)25-14-6-4-13(5-7-14)17-9-10-18(24)28-27-17/h3-4,8-11,14,19H,5-7H2,1-2H3,(H2,24,28)(H,25,29)(H,26,30,31)/t14-,19+/m0/s1. The van der Waals surface area contributed by atoms with E-state index < -0.39 is 17.8 Å². The molecular weight excluding hydrogens is 445 g/mol. The first-order valence-electron chi connectivity index (χ1n) is 10.4. The molecule has 4 N–H and O–H groups in total. The van der Waals surface area contributed by atoms with Gasteiger partial charge < -0.3 is 15.8 Å². The van der Waals surface area contributed by atoms with Crippen LogP contribution >= 0.6 is 11.3 Å². The fourth-order valence-corrected chi connectivity index (χ4v) is 4.35. The van der Waals surface area contributed by atoms with E-state index in [0.29, 0.717) is 16.1 Å². The normalized spacial score (nSPS) is 16.7. The number of ether oxygens (including phenoxy) is 1. The Morgan fingerprint density at radius 1 is 1.21 bits per heavy atom. The van der Waals surface area contributed by atoms with Crippen molar-refractivity contribution >= 4 is 38.9 Å². The second kappa shape index (κ2) is 10.0. The maximum absolute atomic E-state index is 14.2. The predicted molar refractivity (Wildman–Crippen MR) is 125 cm³/mol. The van der Waals surface area contributed by atoms with Gasteiger partial charge in [-0.05, 0) is 50.0 Å². The first-order valence-corrected chi connectivity index (χ1v) is 11.2. The van der Waals surface area contributed by atoms with Gasteiger partial charge >= 0.3 is 0 Å². The summed E-state index contributed by atoms with van der Waals surface area (Å²) in [6.07, 6.45) is 3.56. The van der Waals surface area contributed by atoms with Crippen molar-refractivity contribution in [2.24, 2.45) is 0 Å². The van der Waals surface area contributed by atoms with Crippen LogP contribution in [0.25, 0.3) is 5.57 Å². The third-order valence-corrected chi connectivity index (χ3v) is 6.09. The smallest absolute Gasteiger partial charge is 0.260 e. The number of anilines is 3. The number of methoxy groups -OCH3 is 1. The number of hydrogen-bond acceptors (Lipinski definition) is 9. The van der Waals surface area contributed by atoms with E-state index in [1.165, 1.54) is 24.5 Å². The minimum Gasteiger partial charge on any atom is -0.382 e. The molecular formula is C22H24FN7O2S. The van der Waals surface area contributed by atoms with Crippen LogP contribution in [0.15, 0.2) is 36.4 Å². The van der Waals surface area contributed by atoms with E-state index in [1.54, 1.807) is 18.2 Å². The fourth-order valence-electron chi connectivity index (χ4n) is 3.63. The zero-order valence-corrected chi connectivity index (χ0v) is 19.0. The Morgan fingerprint density at radius 3 is 2.73 bits per heavy atom. The van der Waals surface area contributed by atoms with Crippen LogP contribution in [0.2, 0.25) is 0 Å². The van der Waals surface area contributed by atoms with E-state index >= 15 is 0 Å². The van der Waals surface area contributed by atoms with Crippen LogP contribution in [0.4, 0.5) is 20.5 Å². The highest BCUT2D eigenvalue weighted by Gasteiger charge is 2.25. The number of nitrogens with one attached hydrogen (secondary N) is 2. The summed E-state index contributed by atoms with van der Waals surface area (Å²) in [6, 6.07) is 8.35. The number of carbonyl (C=O) groups excluding carboxylic acids is 1. The molecule has 0 spiro atoms. The summed E-state index contributed by atoms with van der Waals surface area (Å²) in [6.45, 7) is 1.82. The third-order valence-electron chi connectivity index (χ3n) is 5.32. The monoisotopic (exact) mass is 469 g/mol. The van der Waals surface area contributed by atoms with E-state index in [0.717, 1.165) is 36.1 Å². The number of amides is 1. The zero-order valence-electron chi connectivity index (χ0n) is 18.2. The topological polar surface area (TPSA) is 128 Å². The maximum atomic E-state index is 14.2. The number of nitrogens with two attached hydrogens (primary N) is 1. The molecule has 1 aliphatic carbocycles. The highest BCUT2D eigenvalue weighted by Crippen LogP contribution is 2.30. The lowest BCUT2D eigenvalue weighted by Crippen LogP contribution is -2.23. The molecule has 0 bridgehead atoms. The van der Waals surface area contributed by atoms with E-state index in [1.807, 2.05) is 13.0 Å². The van der Waals surface area contributed by atoms with Crippen molar-refractivity contribution in [1.82, 2.24) is 20.4 Å². The van der Waals surface area contributed by atoms with Gasteiger partial charge in [-0.25, -0.2) is 4.39 Å². The summed E-state index contributed by atoms with van der Waals surface area (Å²) in [5.74, 6) is -0.619. The van der Waals surface area contributed by atoms with Crippen molar-refractivity contribution < 1.29 is 13.9 Å². The average molecular weight is 470 g/mol. The van der Waals surface area contributed by atoms with Crippen molar-refractivity contribution in [3.8, 4) is 0 Å². The predicted octanol–water partition coefficient (Wildman–Crippen LogP) is 3.73. The van der Waals surface area contributed by atoms with Gasteiger partial charge in [0, 0.05) is 18.7 Å². The highest BCUT2D eigenvalue weighted by molar-refractivity contribution is 7.19. The van der Waals surface area contributed by atoms with Crippen molar-refractivity contribution in [3.05, 3.63) is 59.0 Å². The van der Waals surface area contributed by atoms with Crippen LogP contribution < -0.4 is 16.4 Å². The number of carbonyl (C=O) groups is 1. The van der Waals surface area contributed by atoms with Gasteiger partial charge in [-0.3, -0.25) is 10.1 Å². The molecule has 1 aromatic carbocycles. The number of benzene rings is 1. The molecule has 0 saturated carbocycles. The third kappa shape index (κ3) is 5.49. The Hall–Kier alpha value is -3.44. The summed E-state index contributed by atoms with van der Waals surface area (Å²) in [5, 5.41) is 23.1. The Balaban J connectivity index is 1.36. The number of hydrogen-bond donors (Lipinski definition) is 3. The van der Waals surface area contributed by atoms with Crippen LogP contribution in [0, 0.1) is 12.7 Å². The van der Waals surface area contributed by atoms with Crippen molar-refractivity contribution in [3.63, 3.8) is 0 Å². The molecule has 0 radical (unpaired) electrons. The molecule has 4 rings (SSSR count). The Kier molecular flexibility index (Phi) is 6.90. The van der Waals surface area contributed by atoms with Gasteiger partial charge in [0.2, 0.25) is 10.3 Å². The molecule has 3 aromatic rings. The minimum absolute atomic E-state index is 0.174. The number of aryl methyl sites for hydroxylation is 1. The molecule has 1 amide bonds. The summed E-state index contributed by atoms with van der Waals surface area (Å²) in [7, 11) is 1.36. The molecule has 33 heavy (non-hydrogen) atoms. The number of aromatic nitrogens is 4. The van der Waals surface area contributed by atoms with Crippen LogP contribution in [0.1, 0.15) is 42.2 Å². The molecule has 2 heterocycles. The van der Waals surface area contributed by atoms with Crippen molar-refractivity contribution in [2.45, 2.75) is 38.3 Å². The Morgan fingerprint density at radius 2 is 2.03 bits per heavy atom. The Bertz CT molecular complexity index is 1170. The molecule has 0 saturated heterocycles. The van der Waals surface area contributed by atoms with Gasteiger partial charge in [-0.2, -0.15) is 0 Å². The lowest BCUT2D eigenvalue weighted by atomic mass is 9.93. The quantitative estimate of drug-likeness (QED) is 0.478. The first-order chi connectivity index (χ1) is 15.9. The largest absolute Gasteiger partial charge is 0.382 e. The van der Waals surface area contributed by atoms with E-state index in [2.05, 4.69) is 37.1 Å². The van der Waals surface area contributed by atoms with Crippen molar-refractivity contribution in [2.75, 3.05) is 23.5 Å². The molecule has 2 aromatic heterocycles. The number of rotatable bonds is 7. The van der Waals surface area contributed by atoms with Gasteiger partial charge in [-0.1, -0.05) is 35.1 Å². The number of nitrogens with zero attached hydrogens (tertiary/aromatic N) is 4. The molecule has 9 nitrogen and oxygen atoms in total. The van der Waals surface area contributed by atoms with Crippen LogP contribution in [0.5, 0.6) is 0 Å². The molecule has 0 unspecified atom stereocenters. The van der Waals surface area contributed by atoms with E-state index in [4.69, 9.17) is 10.5 Å². The Labute approximate surface area is 194 Å².